The quantitative estimate of drug-likeness (QED) is 0.845. The molecule has 1 unspecified atom stereocenters. The van der Waals surface area contributed by atoms with Crippen molar-refractivity contribution in [3.63, 3.8) is 0 Å². The van der Waals surface area contributed by atoms with Gasteiger partial charge in [-0.1, -0.05) is 0 Å². The molecule has 0 saturated carbocycles. The van der Waals surface area contributed by atoms with E-state index < -0.39 is 0 Å². The molecule has 90 valence electrons. The van der Waals surface area contributed by atoms with Gasteiger partial charge in [-0.05, 0) is 44.2 Å². The fourth-order valence-corrected chi connectivity index (χ4v) is 1.98. The zero-order valence-electron chi connectivity index (χ0n) is 10.1. The van der Waals surface area contributed by atoms with Crippen molar-refractivity contribution in [2.75, 3.05) is 12.8 Å². The second-order valence-corrected chi connectivity index (χ2v) is 4.07. The van der Waals surface area contributed by atoms with Gasteiger partial charge >= 0.3 is 0 Å². The minimum atomic E-state index is 0.232. The van der Waals surface area contributed by atoms with Gasteiger partial charge in [-0.2, -0.15) is 0 Å². The number of likely N-dealkylation sites (N-methyl/N-ethyl adjacent to an activating group) is 1. The highest BCUT2D eigenvalue weighted by molar-refractivity contribution is 5.33. The minimum Gasteiger partial charge on any atom is -0.469 e. The monoisotopic (exact) mass is 231 g/mol. The number of nitrogens with zero attached hydrogens (tertiary/aromatic N) is 1. The van der Waals surface area contributed by atoms with Crippen LogP contribution in [0.25, 0.3) is 0 Å². The van der Waals surface area contributed by atoms with Gasteiger partial charge in [-0.15, -0.1) is 0 Å². The van der Waals surface area contributed by atoms with Crippen LogP contribution in [-0.4, -0.2) is 12.0 Å². The highest BCUT2D eigenvalue weighted by atomic mass is 16.3. The Labute approximate surface area is 101 Å². The molecule has 2 heterocycles. The first kappa shape index (κ1) is 11.7. The first-order valence-corrected chi connectivity index (χ1v) is 5.62. The van der Waals surface area contributed by atoms with Gasteiger partial charge in [0.15, 0.2) is 0 Å². The number of rotatable bonds is 4. The summed E-state index contributed by atoms with van der Waals surface area (Å²) in [7, 11) is 1.95. The lowest BCUT2D eigenvalue weighted by atomic mass is 10.0. The van der Waals surface area contributed by atoms with E-state index in [2.05, 4.69) is 10.3 Å². The van der Waals surface area contributed by atoms with E-state index in [0.29, 0.717) is 5.82 Å². The van der Waals surface area contributed by atoms with Crippen LogP contribution in [0.4, 0.5) is 5.82 Å². The number of pyridine rings is 1. The maximum absolute atomic E-state index is 5.67. The number of aryl methyl sites for hydroxylation is 1. The SMILES string of the molecule is CNC(Cc1ccnc(N)c1)c1ccoc1C. The van der Waals surface area contributed by atoms with E-state index in [-0.39, 0.29) is 6.04 Å². The average Bonchev–Trinajstić information content (AvgIpc) is 2.72. The standard InChI is InChI=1S/C13H17N3O/c1-9-11(4-6-17-9)12(15-2)7-10-3-5-16-13(14)8-10/h3-6,8,12,15H,7H2,1-2H3,(H2,14,16). The van der Waals surface area contributed by atoms with Crippen LogP contribution in [0, 0.1) is 6.92 Å². The molecule has 0 amide bonds. The molecule has 4 heteroatoms. The number of nitrogens with two attached hydrogens (primary N) is 1. The van der Waals surface area contributed by atoms with Crippen molar-refractivity contribution in [2.24, 2.45) is 0 Å². The zero-order chi connectivity index (χ0) is 12.3. The van der Waals surface area contributed by atoms with E-state index in [9.17, 15) is 0 Å². The fraction of sp³-hybridized carbons (Fsp3) is 0.308. The summed E-state index contributed by atoms with van der Waals surface area (Å²) in [5.41, 5.74) is 8.02. The molecular weight excluding hydrogens is 214 g/mol. The molecule has 0 radical (unpaired) electrons. The molecule has 17 heavy (non-hydrogen) atoms. The van der Waals surface area contributed by atoms with Crippen molar-refractivity contribution in [3.05, 3.63) is 47.5 Å². The van der Waals surface area contributed by atoms with Crippen molar-refractivity contribution >= 4 is 5.82 Å². The summed E-state index contributed by atoms with van der Waals surface area (Å²) >= 11 is 0. The largest absolute Gasteiger partial charge is 0.469 e. The maximum atomic E-state index is 5.67. The molecule has 3 N–H and O–H groups in total. The van der Waals surface area contributed by atoms with Gasteiger partial charge in [0.25, 0.3) is 0 Å². The zero-order valence-corrected chi connectivity index (χ0v) is 10.1. The number of anilines is 1. The molecule has 4 nitrogen and oxygen atoms in total. The molecule has 2 rings (SSSR count). The van der Waals surface area contributed by atoms with E-state index in [4.69, 9.17) is 10.2 Å². The van der Waals surface area contributed by atoms with Crippen molar-refractivity contribution in [1.29, 1.82) is 0 Å². The van der Waals surface area contributed by atoms with Gasteiger partial charge in [-0.25, -0.2) is 4.98 Å². The fourth-order valence-electron chi connectivity index (χ4n) is 1.98. The van der Waals surface area contributed by atoms with E-state index in [1.807, 2.05) is 32.2 Å². The maximum Gasteiger partial charge on any atom is 0.123 e. The van der Waals surface area contributed by atoms with Crippen LogP contribution in [0.2, 0.25) is 0 Å². The van der Waals surface area contributed by atoms with E-state index in [1.54, 1.807) is 12.5 Å². The van der Waals surface area contributed by atoms with Crippen molar-refractivity contribution in [3.8, 4) is 0 Å². The van der Waals surface area contributed by atoms with Crippen LogP contribution >= 0.6 is 0 Å². The molecule has 0 aliphatic heterocycles. The Bertz CT molecular complexity index is 493. The van der Waals surface area contributed by atoms with Crippen LogP contribution < -0.4 is 11.1 Å². The Kier molecular flexibility index (Phi) is 3.44. The summed E-state index contributed by atoms with van der Waals surface area (Å²) in [4.78, 5) is 3.99. The van der Waals surface area contributed by atoms with Crippen molar-refractivity contribution in [1.82, 2.24) is 10.3 Å². The third-order valence-corrected chi connectivity index (χ3v) is 2.91. The molecule has 0 spiro atoms. The summed E-state index contributed by atoms with van der Waals surface area (Å²) in [6.45, 7) is 1.97. The Morgan fingerprint density at radius 3 is 2.88 bits per heavy atom. The van der Waals surface area contributed by atoms with Gasteiger partial charge in [-0.3, -0.25) is 0 Å². The number of hydrogen-bond acceptors (Lipinski definition) is 4. The molecule has 1 atom stereocenters. The second kappa shape index (κ2) is 5.01. The predicted octanol–water partition coefficient (Wildman–Crippen LogP) is 2.07. The number of nitrogen functional groups attached to an aromatic ring is 1. The number of furan rings is 1. The number of aromatic nitrogens is 1. The summed E-state index contributed by atoms with van der Waals surface area (Å²) in [6.07, 6.45) is 4.32. The molecule has 2 aromatic heterocycles. The average molecular weight is 231 g/mol. The molecule has 0 saturated heterocycles. The highest BCUT2D eigenvalue weighted by Gasteiger charge is 2.14. The van der Waals surface area contributed by atoms with Crippen molar-refractivity contribution in [2.45, 2.75) is 19.4 Å². The van der Waals surface area contributed by atoms with Gasteiger partial charge in [0.1, 0.15) is 11.6 Å². The number of nitrogens with one attached hydrogen (secondary N) is 1. The van der Waals surface area contributed by atoms with Gasteiger partial charge < -0.3 is 15.5 Å². The topological polar surface area (TPSA) is 64.1 Å². The van der Waals surface area contributed by atoms with Gasteiger partial charge in [0.05, 0.1) is 6.26 Å². The number of hydrogen-bond donors (Lipinski definition) is 2. The van der Waals surface area contributed by atoms with E-state index in [1.165, 1.54) is 5.56 Å². The molecule has 0 aliphatic carbocycles. The lowest BCUT2D eigenvalue weighted by molar-refractivity contribution is 0.512. The van der Waals surface area contributed by atoms with E-state index >= 15 is 0 Å². The normalized spacial score (nSPS) is 12.6. The van der Waals surface area contributed by atoms with Crippen LogP contribution in [0.1, 0.15) is 22.9 Å². The molecule has 0 bridgehead atoms. The third-order valence-electron chi connectivity index (χ3n) is 2.91. The van der Waals surface area contributed by atoms with Crippen LogP contribution in [0.15, 0.2) is 35.1 Å². The first-order valence-electron chi connectivity index (χ1n) is 5.62. The molecule has 2 aromatic rings. The molecule has 0 fully saturated rings. The third kappa shape index (κ3) is 2.65. The predicted molar refractivity (Wildman–Crippen MR) is 67.6 cm³/mol. The van der Waals surface area contributed by atoms with Crippen LogP contribution in [0.3, 0.4) is 0 Å². The molecule has 0 aliphatic rings. The van der Waals surface area contributed by atoms with Gasteiger partial charge in [0, 0.05) is 17.8 Å². The smallest absolute Gasteiger partial charge is 0.123 e. The summed E-state index contributed by atoms with van der Waals surface area (Å²) in [5.74, 6) is 1.51. The Morgan fingerprint density at radius 1 is 1.47 bits per heavy atom. The Hall–Kier alpha value is -1.81. The lowest BCUT2D eigenvalue weighted by Gasteiger charge is -2.15. The molecular formula is C13H17N3O. The lowest BCUT2D eigenvalue weighted by Crippen LogP contribution is -2.19. The summed E-state index contributed by atoms with van der Waals surface area (Å²) < 4.78 is 5.33. The minimum absolute atomic E-state index is 0.232. The van der Waals surface area contributed by atoms with E-state index in [0.717, 1.165) is 17.7 Å². The van der Waals surface area contributed by atoms with Crippen molar-refractivity contribution < 1.29 is 4.42 Å². The summed E-state index contributed by atoms with van der Waals surface area (Å²) in [5, 5.41) is 3.29. The summed E-state index contributed by atoms with van der Waals surface area (Å²) in [6, 6.07) is 6.12. The van der Waals surface area contributed by atoms with Gasteiger partial charge in [0.2, 0.25) is 0 Å². The van der Waals surface area contributed by atoms with Crippen LogP contribution in [0.5, 0.6) is 0 Å². The first-order chi connectivity index (χ1) is 8.20. The highest BCUT2D eigenvalue weighted by Crippen LogP contribution is 2.22. The molecule has 0 aromatic carbocycles. The Morgan fingerprint density at radius 2 is 2.29 bits per heavy atom. The second-order valence-electron chi connectivity index (χ2n) is 4.07. The Balaban J connectivity index is 2.19. The van der Waals surface area contributed by atoms with Crippen LogP contribution in [-0.2, 0) is 6.42 Å².